The molecule has 0 aliphatic rings. The maximum Gasteiger partial charge on any atom is 0.193 e. The Balaban J connectivity index is 2.04. The van der Waals surface area contributed by atoms with Crippen molar-refractivity contribution in [2.24, 2.45) is 5.41 Å². The summed E-state index contributed by atoms with van der Waals surface area (Å²) in [6, 6.07) is 16.2. The number of rotatable bonds is 7. The zero-order valence-electron chi connectivity index (χ0n) is 15.8. The van der Waals surface area contributed by atoms with Crippen LogP contribution in [-0.2, 0) is 0 Å². The lowest BCUT2D eigenvalue weighted by molar-refractivity contribution is 0.103. The van der Waals surface area contributed by atoms with Gasteiger partial charge in [-0.1, -0.05) is 44.1 Å². The van der Waals surface area contributed by atoms with Crippen molar-refractivity contribution >= 4 is 5.78 Å². The van der Waals surface area contributed by atoms with E-state index < -0.39 is 5.41 Å². The van der Waals surface area contributed by atoms with Gasteiger partial charge in [0.05, 0.1) is 6.61 Å². The smallest absolute Gasteiger partial charge is 0.193 e. The second-order valence-electron chi connectivity index (χ2n) is 6.25. The number of benzene rings is 2. The van der Waals surface area contributed by atoms with Crippen molar-refractivity contribution in [3.8, 4) is 5.75 Å². The molecule has 0 N–H and O–H groups in total. The van der Waals surface area contributed by atoms with Crippen LogP contribution in [0.3, 0.4) is 0 Å². The zero-order valence-corrected chi connectivity index (χ0v) is 13.8. The maximum atomic E-state index is 12.4. The molecule has 0 spiro atoms. The van der Waals surface area contributed by atoms with Gasteiger partial charge < -0.3 is 9.64 Å². The summed E-state index contributed by atoms with van der Waals surface area (Å²) < 4.78 is 21.4. The largest absolute Gasteiger partial charge is 0.493 e. The summed E-state index contributed by atoms with van der Waals surface area (Å²) in [6.07, 6.45) is 0. The molecule has 122 valence electrons. The Bertz CT molecular complexity index is 668. The minimum Gasteiger partial charge on any atom is -0.493 e. The minimum absolute atomic E-state index is 0.0218. The summed E-state index contributed by atoms with van der Waals surface area (Å²) in [7, 11) is 3.87. The fraction of sp³-hybridized carbons (Fsp3) is 0.350. The van der Waals surface area contributed by atoms with E-state index in [1.165, 1.54) is 0 Å². The van der Waals surface area contributed by atoms with Crippen LogP contribution in [0.15, 0.2) is 54.6 Å². The van der Waals surface area contributed by atoms with E-state index in [0.717, 1.165) is 0 Å². The summed E-state index contributed by atoms with van der Waals surface area (Å²) >= 11 is 0. The van der Waals surface area contributed by atoms with Gasteiger partial charge in [-0.2, -0.15) is 0 Å². The van der Waals surface area contributed by atoms with Gasteiger partial charge >= 0.3 is 0 Å². The highest BCUT2D eigenvalue weighted by molar-refractivity contribution is 6.08. The third-order valence-corrected chi connectivity index (χ3v) is 3.35. The molecule has 0 saturated carbocycles. The molecule has 0 aromatic heterocycles. The van der Waals surface area contributed by atoms with Gasteiger partial charge in [0, 0.05) is 25.8 Å². The Morgan fingerprint density at radius 1 is 1.04 bits per heavy atom. The van der Waals surface area contributed by atoms with Gasteiger partial charge in [-0.25, -0.2) is 0 Å². The van der Waals surface area contributed by atoms with Gasteiger partial charge in [0.25, 0.3) is 0 Å². The van der Waals surface area contributed by atoms with Gasteiger partial charge in [0.2, 0.25) is 0 Å². The summed E-state index contributed by atoms with van der Waals surface area (Å²) in [4.78, 5) is 14.4. The van der Waals surface area contributed by atoms with Crippen LogP contribution >= 0.6 is 0 Å². The van der Waals surface area contributed by atoms with E-state index in [1.54, 1.807) is 36.4 Å². The molecule has 0 aliphatic heterocycles. The van der Waals surface area contributed by atoms with Crippen LogP contribution in [0.5, 0.6) is 5.75 Å². The van der Waals surface area contributed by atoms with Crippen LogP contribution in [0.25, 0.3) is 0 Å². The van der Waals surface area contributed by atoms with Crippen LogP contribution in [0.4, 0.5) is 0 Å². The van der Waals surface area contributed by atoms with Gasteiger partial charge in [-0.05, 0) is 38.4 Å². The molecule has 2 rings (SSSR count). The first-order chi connectivity index (χ1) is 12.0. The van der Waals surface area contributed by atoms with Crippen molar-refractivity contribution < 1.29 is 12.3 Å². The molecule has 3 nitrogen and oxygen atoms in total. The molecular formula is C20H25NO2. The van der Waals surface area contributed by atoms with E-state index in [4.69, 9.17) is 7.48 Å². The molecule has 0 bridgehead atoms. The lowest BCUT2D eigenvalue weighted by atomic mass is 9.94. The average molecular weight is 313 g/mol. The summed E-state index contributed by atoms with van der Waals surface area (Å²) in [5.41, 5.74) is 0.755. The summed E-state index contributed by atoms with van der Waals surface area (Å²) in [5, 5.41) is 0. The highest BCUT2D eigenvalue weighted by atomic mass is 16.5. The topological polar surface area (TPSA) is 29.5 Å². The summed E-state index contributed by atoms with van der Waals surface area (Å²) in [6.45, 7) is 1.22. The highest BCUT2D eigenvalue weighted by Gasteiger charge is 2.20. The fourth-order valence-corrected chi connectivity index (χ4v) is 2.41. The highest BCUT2D eigenvalue weighted by Crippen LogP contribution is 2.20. The van der Waals surface area contributed by atoms with Crippen LogP contribution in [0.2, 0.25) is 0 Å². The lowest BCUT2D eigenvalue weighted by Gasteiger charge is -2.28. The SMILES string of the molecule is [2H]CC(C[2H])(COc1ccc(C(=O)c2ccccc2)cc1)CN(C)C. The zero-order chi connectivity index (χ0) is 18.3. The van der Waals surface area contributed by atoms with Crippen molar-refractivity contribution in [3.05, 3.63) is 65.7 Å². The number of carbonyl (C=O) groups excluding carboxylic acids is 1. The molecule has 0 radical (unpaired) electrons. The van der Waals surface area contributed by atoms with Crippen LogP contribution < -0.4 is 4.74 Å². The fourth-order valence-electron chi connectivity index (χ4n) is 2.41. The van der Waals surface area contributed by atoms with Crippen molar-refractivity contribution in [1.82, 2.24) is 4.90 Å². The lowest BCUT2D eigenvalue weighted by Crippen LogP contribution is -2.33. The van der Waals surface area contributed by atoms with Crippen molar-refractivity contribution in [2.45, 2.75) is 13.8 Å². The third kappa shape index (κ3) is 5.22. The standard InChI is InChI=1S/C20H25NO2/c1-20(2,14-21(3)4)15-23-18-12-10-17(11-13-18)19(22)16-8-6-5-7-9-16/h5-13H,14-15H2,1-4H3/i1D,2D. The van der Waals surface area contributed by atoms with E-state index in [9.17, 15) is 4.79 Å². The van der Waals surface area contributed by atoms with Crippen LogP contribution in [0, 0.1) is 5.41 Å². The minimum atomic E-state index is -0.512. The third-order valence-electron chi connectivity index (χ3n) is 3.35. The quantitative estimate of drug-likeness (QED) is 0.726. The second-order valence-corrected chi connectivity index (χ2v) is 6.25. The average Bonchev–Trinajstić information content (AvgIpc) is 2.65. The number of ketones is 1. The second kappa shape index (κ2) is 7.42. The molecule has 0 aliphatic carbocycles. The van der Waals surface area contributed by atoms with E-state index in [1.807, 2.05) is 37.2 Å². The van der Waals surface area contributed by atoms with Gasteiger partial charge in [-0.15, -0.1) is 0 Å². The molecule has 0 amide bonds. The van der Waals surface area contributed by atoms with Gasteiger partial charge in [0.15, 0.2) is 5.78 Å². The van der Waals surface area contributed by atoms with Crippen molar-refractivity contribution in [3.63, 3.8) is 0 Å². The van der Waals surface area contributed by atoms with E-state index in [2.05, 4.69) is 0 Å². The number of hydrogen-bond acceptors (Lipinski definition) is 3. The summed E-state index contributed by atoms with van der Waals surface area (Å²) in [5.74, 6) is 0.626. The molecule has 2 aromatic carbocycles. The first-order valence-corrected chi connectivity index (χ1v) is 7.55. The predicted octanol–water partition coefficient (Wildman–Crippen LogP) is 3.88. The molecule has 0 unspecified atom stereocenters. The number of carbonyl (C=O) groups is 1. The predicted molar refractivity (Wildman–Crippen MR) is 94.1 cm³/mol. The molecule has 0 heterocycles. The number of ether oxygens (including phenoxy) is 1. The monoisotopic (exact) mass is 313 g/mol. The maximum absolute atomic E-state index is 12.4. The van der Waals surface area contributed by atoms with Crippen molar-refractivity contribution in [1.29, 1.82) is 0 Å². The molecule has 2 aromatic rings. The van der Waals surface area contributed by atoms with E-state index in [0.29, 0.717) is 30.0 Å². The Hall–Kier alpha value is -2.13. The van der Waals surface area contributed by atoms with Crippen LogP contribution in [-0.4, -0.2) is 37.9 Å². The normalized spacial score (nSPS) is 12.7. The first kappa shape index (κ1) is 14.5. The first-order valence-electron chi connectivity index (χ1n) is 8.97. The Morgan fingerprint density at radius 2 is 1.65 bits per heavy atom. The Labute approximate surface area is 141 Å². The Morgan fingerprint density at radius 3 is 2.22 bits per heavy atom. The molecule has 23 heavy (non-hydrogen) atoms. The number of nitrogens with zero attached hydrogens (tertiary/aromatic N) is 1. The van der Waals surface area contributed by atoms with Gasteiger partial charge in [0.1, 0.15) is 5.75 Å². The molecule has 0 saturated heterocycles. The number of hydrogen-bond donors (Lipinski definition) is 0. The molecular weight excluding hydrogens is 286 g/mol. The molecule has 3 heteroatoms. The van der Waals surface area contributed by atoms with Crippen molar-refractivity contribution in [2.75, 3.05) is 27.2 Å². The van der Waals surface area contributed by atoms with Gasteiger partial charge in [-0.3, -0.25) is 4.79 Å². The molecule has 0 atom stereocenters. The van der Waals surface area contributed by atoms with Crippen LogP contribution in [0.1, 0.15) is 32.5 Å². The van der Waals surface area contributed by atoms with E-state index >= 15 is 0 Å². The molecule has 0 fully saturated rings. The Kier molecular flexibility index (Phi) is 4.67. The van der Waals surface area contributed by atoms with E-state index in [-0.39, 0.29) is 19.6 Å².